The van der Waals surface area contributed by atoms with E-state index in [1.165, 1.54) is 55.2 Å². The molecule has 19 heavy (non-hydrogen) atoms. The van der Waals surface area contributed by atoms with Crippen LogP contribution < -0.4 is 0 Å². The van der Waals surface area contributed by atoms with E-state index < -0.39 is 17.6 Å². The second-order valence-electron chi connectivity index (χ2n) is 3.17. The largest absolute Gasteiger partial charge is 0.531 e. The maximum Gasteiger partial charge on any atom is 0.531 e. The van der Waals surface area contributed by atoms with Crippen molar-refractivity contribution in [2.75, 3.05) is 42.7 Å². The van der Waals surface area contributed by atoms with Gasteiger partial charge in [0.05, 0.1) is 12.5 Å². The van der Waals surface area contributed by atoms with Crippen molar-refractivity contribution in [3.05, 3.63) is 23.9 Å². The molecule has 0 spiro atoms. The van der Waals surface area contributed by atoms with Crippen LogP contribution in [0.5, 0.6) is 0 Å². The first-order chi connectivity index (χ1) is 9.07. The van der Waals surface area contributed by atoms with Gasteiger partial charge in [-0.1, -0.05) is 0 Å². The molecule has 9 heteroatoms. The Morgan fingerprint density at radius 3 is 1.00 bits per heavy atom. The van der Waals surface area contributed by atoms with Crippen molar-refractivity contribution in [1.82, 2.24) is 0 Å². The molecule has 7 nitrogen and oxygen atoms in total. The average Bonchev–Trinajstić information content (AvgIpc) is 2.48. The van der Waals surface area contributed by atoms with E-state index in [1.807, 2.05) is 0 Å². The number of hydrogen-bond donors (Lipinski definition) is 0. The minimum absolute atomic E-state index is 1.42. The summed E-state index contributed by atoms with van der Waals surface area (Å²) in [5.41, 5.74) is 3.21. The van der Waals surface area contributed by atoms with Crippen molar-refractivity contribution in [3.63, 3.8) is 0 Å². The molecule has 0 saturated heterocycles. The molecule has 0 bridgehead atoms. The van der Waals surface area contributed by atoms with Crippen LogP contribution >= 0.6 is 0 Å². The topological polar surface area (TPSA) is 64.6 Å². The molecule has 0 radical (unpaired) electrons. The molecule has 0 unspecified atom stereocenters. The predicted molar refractivity (Wildman–Crippen MR) is 72.9 cm³/mol. The van der Waals surface area contributed by atoms with Crippen LogP contribution in [0.2, 0.25) is 0 Å². The summed E-state index contributed by atoms with van der Waals surface area (Å²) in [6, 6.07) is 0. The third kappa shape index (κ3) is 5.54. The smallest absolute Gasteiger partial charge is 0.474 e. The average molecular weight is 310 g/mol. The van der Waals surface area contributed by atoms with Gasteiger partial charge < -0.3 is 31.3 Å². The van der Waals surface area contributed by atoms with Gasteiger partial charge in [-0.05, 0) is 0 Å². The standard InChI is InChI=1S/C10H22O7Si2/c1-11-18(12-2,13-3)9-7-17-8-10-19(14-4,15-5)16-6/h7-10H,1-6H3. The fraction of sp³-hybridized carbons (Fsp3) is 0.600. The van der Waals surface area contributed by atoms with Gasteiger partial charge in [-0.2, -0.15) is 0 Å². The fourth-order valence-electron chi connectivity index (χ4n) is 1.20. The van der Waals surface area contributed by atoms with Crippen LogP contribution in [-0.2, 0) is 31.3 Å². The Bertz CT molecular complexity index is 243. The lowest BCUT2D eigenvalue weighted by molar-refractivity contribution is 0.137. The second kappa shape index (κ2) is 9.39. The van der Waals surface area contributed by atoms with E-state index in [4.69, 9.17) is 31.3 Å². The monoisotopic (exact) mass is 310 g/mol. The Labute approximate surface area is 116 Å². The third-order valence-electron chi connectivity index (χ3n) is 2.41. The molecule has 112 valence electrons. The van der Waals surface area contributed by atoms with Gasteiger partial charge in [0.1, 0.15) is 0 Å². The molecule has 0 rings (SSSR count). The van der Waals surface area contributed by atoms with Gasteiger partial charge in [0.2, 0.25) is 0 Å². The van der Waals surface area contributed by atoms with Gasteiger partial charge in [0.25, 0.3) is 0 Å². The summed E-state index contributed by atoms with van der Waals surface area (Å²) in [4.78, 5) is 0. The maximum absolute atomic E-state index is 5.19. The van der Waals surface area contributed by atoms with Crippen LogP contribution in [0, 0.1) is 0 Å². The minimum atomic E-state index is -2.76. The zero-order valence-corrected chi connectivity index (χ0v) is 14.2. The Hall–Kier alpha value is -0.526. The quantitative estimate of drug-likeness (QED) is 0.438. The van der Waals surface area contributed by atoms with Crippen molar-refractivity contribution in [3.8, 4) is 0 Å². The van der Waals surface area contributed by atoms with Crippen LogP contribution in [-0.4, -0.2) is 60.3 Å². The molecule has 0 aliphatic carbocycles. The zero-order valence-electron chi connectivity index (χ0n) is 12.2. The summed E-state index contributed by atoms with van der Waals surface area (Å²) in [6.45, 7) is 0. The molecule has 0 aliphatic rings. The lowest BCUT2D eigenvalue weighted by Gasteiger charge is -2.20. The molecule has 0 fully saturated rings. The van der Waals surface area contributed by atoms with E-state index in [-0.39, 0.29) is 0 Å². The minimum Gasteiger partial charge on any atom is -0.474 e. The van der Waals surface area contributed by atoms with Gasteiger partial charge in [0.15, 0.2) is 0 Å². The molecular weight excluding hydrogens is 288 g/mol. The van der Waals surface area contributed by atoms with Gasteiger partial charge in [-0.15, -0.1) is 0 Å². The molecule has 0 aliphatic heterocycles. The van der Waals surface area contributed by atoms with Gasteiger partial charge in [-0.25, -0.2) is 0 Å². The maximum atomic E-state index is 5.19. The molecule has 0 atom stereocenters. The Balaban J connectivity index is 4.50. The van der Waals surface area contributed by atoms with E-state index >= 15 is 0 Å². The predicted octanol–water partition coefficient (Wildman–Crippen LogP) is 0.865. The molecule has 0 amide bonds. The summed E-state index contributed by atoms with van der Waals surface area (Å²) < 4.78 is 36.3. The summed E-state index contributed by atoms with van der Waals surface area (Å²) in [5, 5.41) is 0. The van der Waals surface area contributed by atoms with Crippen molar-refractivity contribution in [1.29, 1.82) is 0 Å². The molecule has 0 N–H and O–H groups in total. The fourth-order valence-corrected chi connectivity index (χ4v) is 3.51. The molecule has 0 aromatic carbocycles. The van der Waals surface area contributed by atoms with E-state index in [1.54, 1.807) is 11.4 Å². The summed E-state index contributed by atoms with van der Waals surface area (Å²) in [5.74, 6) is 0. The van der Waals surface area contributed by atoms with Crippen LogP contribution in [0.1, 0.15) is 0 Å². The third-order valence-corrected chi connectivity index (χ3v) is 6.91. The van der Waals surface area contributed by atoms with Crippen molar-refractivity contribution < 1.29 is 31.3 Å². The highest BCUT2D eigenvalue weighted by Crippen LogP contribution is 2.09. The lowest BCUT2D eigenvalue weighted by Crippen LogP contribution is -2.41. The van der Waals surface area contributed by atoms with Gasteiger partial charge >= 0.3 is 17.6 Å². The van der Waals surface area contributed by atoms with E-state index in [2.05, 4.69) is 0 Å². The Morgan fingerprint density at radius 2 is 0.789 bits per heavy atom. The van der Waals surface area contributed by atoms with Gasteiger partial charge in [0, 0.05) is 54.1 Å². The van der Waals surface area contributed by atoms with E-state index in [0.29, 0.717) is 0 Å². The Kier molecular flexibility index (Phi) is 9.13. The van der Waals surface area contributed by atoms with Crippen LogP contribution in [0.3, 0.4) is 0 Å². The first kappa shape index (κ1) is 18.5. The van der Waals surface area contributed by atoms with Gasteiger partial charge in [-0.3, -0.25) is 0 Å². The SMILES string of the molecule is CO[Si](C=COC=C[Si](OC)(OC)OC)(OC)OC. The van der Waals surface area contributed by atoms with E-state index in [0.717, 1.165) is 0 Å². The molecule has 0 saturated carbocycles. The normalized spacial score (nSPS) is 13.6. The zero-order chi connectivity index (χ0) is 14.8. The van der Waals surface area contributed by atoms with Crippen molar-refractivity contribution in [2.24, 2.45) is 0 Å². The lowest BCUT2D eigenvalue weighted by atomic mass is 11.1. The van der Waals surface area contributed by atoms with Crippen molar-refractivity contribution in [2.45, 2.75) is 0 Å². The molecular formula is C10H22O7Si2. The second-order valence-corrected chi connectivity index (χ2v) is 8.70. The molecule has 0 heterocycles. The highest BCUT2D eigenvalue weighted by molar-refractivity contribution is 6.66. The molecule has 0 aromatic rings. The highest BCUT2D eigenvalue weighted by Gasteiger charge is 2.35. The summed E-state index contributed by atoms with van der Waals surface area (Å²) in [6.07, 6.45) is 2.83. The van der Waals surface area contributed by atoms with Crippen LogP contribution in [0.15, 0.2) is 23.9 Å². The first-order valence-electron chi connectivity index (χ1n) is 5.39. The Morgan fingerprint density at radius 1 is 0.526 bits per heavy atom. The summed E-state index contributed by atoms with van der Waals surface area (Å²) >= 11 is 0. The van der Waals surface area contributed by atoms with E-state index in [9.17, 15) is 0 Å². The number of ether oxygens (including phenoxy) is 1. The van der Waals surface area contributed by atoms with Crippen LogP contribution in [0.4, 0.5) is 0 Å². The first-order valence-corrected chi connectivity index (χ1v) is 8.99. The summed E-state index contributed by atoms with van der Waals surface area (Å²) in [7, 11) is 3.55. The molecule has 0 aromatic heterocycles. The number of hydrogen-bond acceptors (Lipinski definition) is 7. The number of rotatable bonds is 10. The van der Waals surface area contributed by atoms with Crippen LogP contribution in [0.25, 0.3) is 0 Å². The highest BCUT2D eigenvalue weighted by atomic mass is 28.4. The van der Waals surface area contributed by atoms with Crippen molar-refractivity contribution >= 4 is 17.6 Å².